The number of imidazole rings is 1. The predicted molar refractivity (Wildman–Crippen MR) is 107 cm³/mol. The average Bonchev–Trinajstić information content (AvgIpc) is 3.10. The highest BCUT2D eigenvalue weighted by molar-refractivity contribution is 7.99. The fourth-order valence-electron chi connectivity index (χ4n) is 3.17. The van der Waals surface area contributed by atoms with E-state index in [0.717, 1.165) is 29.9 Å². The lowest BCUT2D eigenvalue weighted by Crippen LogP contribution is -2.32. The van der Waals surface area contributed by atoms with E-state index in [1.54, 1.807) is 6.20 Å². The number of thioether (sulfide) groups is 1. The minimum atomic E-state index is -0.111. The van der Waals surface area contributed by atoms with Crippen LogP contribution in [0.4, 0.5) is 5.69 Å². The van der Waals surface area contributed by atoms with E-state index in [1.807, 2.05) is 41.4 Å². The number of nitrogens with zero attached hydrogens (tertiary/aromatic N) is 3. The molecule has 2 aromatic heterocycles. The van der Waals surface area contributed by atoms with E-state index in [9.17, 15) is 4.79 Å². The summed E-state index contributed by atoms with van der Waals surface area (Å²) >= 11 is 2.01. The summed E-state index contributed by atoms with van der Waals surface area (Å²) in [5, 5.41) is 3.00. The van der Waals surface area contributed by atoms with Gasteiger partial charge in [0.05, 0.1) is 6.20 Å². The Morgan fingerprint density at radius 1 is 1.15 bits per heavy atom. The highest BCUT2D eigenvalue weighted by Gasteiger charge is 2.13. The number of aryl methyl sites for hydroxylation is 1. The number of fused-ring (bicyclic) bond motifs is 1. The smallest absolute Gasteiger partial charge is 0.270 e. The lowest BCUT2D eigenvalue weighted by Gasteiger charge is -2.28. The van der Waals surface area contributed by atoms with E-state index in [4.69, 9.17) is 0 Å². The van der Waals surface area contributed by atoms with Crippen molar-refractivity contribution in [1.82, 2.24) is 14.7 Å². The predicted octanol–water partition coefficient (Wildman–Crippen LogP) is 3.13. The van der Waals surface area contributed by atoms with Crippen LogP contribution in [0.25, 0.3) is 5.65 Å². The van der Waals surface area contributed by atoms with Crippen molar-refractivity contribution in [3.63, 3.8) is 0 Å². The molecule has 0 saturated carbocycles. The molecular formula is C20H22N4OS. The monoisotopic (exact) mass is 366 g/mol. The summed E-state index contributed by atoms with van der Waals surface area (Å²) in [6.45, 7) is 4.72. The third-order valence-electron chi connectivity index (χ3n) is 4.65. The van der Waals surface area contributed by atoms with E-state index < -0.39 is 0 Å². The number of amides is 1. The van der Waals surface area contributed by atoms with E-state index in [-0.39, 0.29) is 5.91 Å². The second-order valence-electron chi connectivity index (χ2n) is 6.53. The molecule has 0 unspecified atom stereocenters. The first-order chi connectivity index (χ1) is 12.7. The molecule has 0 atom stereocenters. The molecule has 1 aliphatic heterocycles. The van der Waals surface area contributed by atoms with E-state index in [1.165, 1.54) is 17.2 Å². The van der Waals surface area contributed by atoms with Crippen LogP contribution in [0.2, 0.25) is 0 Å². The van der Waals surface area contributed by atoms with Crippen molar-refractivity contribution in [2.75, 3.05) is 29.5 Å². The molecule has 1 N–H and O–H groups in total. The number of benzene rings is 1. The summed E-state index contributed by atoms with van der Waals surface area (Å²) in [5.41, 5.74) is 4.79. The van der Waals surface area contributed by atoms with Crippen LogP contribution in [0.1, 0.15) is 21.6 Å². The van der Waals surface area contributed by atoms with Gasteiger partial charge in [-0.3, -0.25) is 9.20 Å². The zero-order chi connectivity index (χ0) is 17.9. The van der Waals surface area contributed by atoms with Gasteiger partial charge in [0.15, 0.2) is 0 Å². The summed E-state index contributed by atoms with van der Waals surface area (Å²) in [4.78, 5) is 19.2. The molecule has 5 nitrogen and oxygen atoms in total. The zero-order valence-corrected chi connectivity index (χ0v) is 15.6. The Hall–Kier alpha value is -2.47. The van der Waals surface area contributed by atoms with Gasteiger partial charge in [-0.15, -0.1) is 0 Å². The van der Waals surface area contributed by atoms with Crippen molar-refractivity contribution in [2.24, 2.45) is 0 Å². The van der Waals surface area contributed by atoms with Crippen LogP contribution in [-0.2, 0) is 6.54 Å². The molecule has 3 aromatic rings. The van der Waals surface area contributed by atoms with Gasteiger partial charge < -0.3 is 10.2 Å². The van der Waals surface area contributed by atoms with E-state index >= 15 is 0 Å². The molecule has 0 radical (unpaired) electrons. The maximum absolute atomic E-state index is 12.5. The molecule has 1 aromatic carbocycles. The van der Waals surface area contributed by atoms with Crippen LogP contribution < -0.4 is 10.2 Å². The molecule has 4 rings (SSSR count). The van der Waals surface area contributed by atoms with Crippen LogP contribution in [0.5, 0.6) is 0 Å². The molecule has 1 aliphatic rings. The van der Waals surface area contributed by atoms with E-state index in [0.29, 0.717) is 12.2 Å². The Bertz CT molecular complexity index is 913. The number of anilines is 1. The van der Waals surface area contributed by atoms with Crippen molar-refractivity contribution in [2.45, 2.75) is 13.5 Å². The molecule has 0 bridgehead atoms. The van der Waals surface area contributed by atoms with Gasteiger partial charge in [0.1, 0.15) is 11.3 Å². The number of carbonyl (C=O) groups excluding carboxylic acids is 1. The second-order valence-corrected chi connectivity index (χ2v) is 7.75. The SMILES string of the molecule is Cc1ccc2ncc(C(=O)NCc3ccc(N4CCSCC4)cc3)n2c1. The lowest BCUT2D eigenvalue weighted by molar-refractivity contribution is 0.0945. The van der Waals surface area contributed by atoms with Gasteiger partial charge in [0.2, 0.25) is 0 Å². The molecule has 26 heavy (non-hydrogen) atoms. The average molecular weight is 366 g/mol. The van der Waals surface area contributed by atoms with Crippen molar-refractivity contribution in [3.8, 4) is 0 Å². The Labute approximate surface area is 157 Å². The largest absolute Gasteiger partial charge is 0.370 e. The van der Waals surface area contributed by atoms with Crippen LogP contribution in [0, 0.1) is 6.92 Å². The van der Waals surface area contributed by atoms with Crippen molar-refractivity contribution < 1.29 is 4.79 Å². The van der Waals surface area contributed by atoms with E-state index in [2.05, 4.69) is 39.5 Å². The van der Waals surface area contributed by atoms with Gasteiger partial charge >= 0.3 is 0 Å². The molecule has 1 amide bonds. The van der Waals surface area contributed by atoms with Gasteiger partial charge in [-0.05, 0) is 36.2 Å². The minimum absolute atomic E-state index is 0.111. The van der Waals surface area contributed by atoms with Crippen LogP contribution in [0.15, 0.2) is 48.8 Å². The first-order valence-corrected chi connectivity index (χ1v) is 10.00. The minimum Gasteiger partial charge on any atom is -0.370 e. The first-order valence-electron chi connectivity index (χ1n) is 8.84. The summed E-state index contributed by atoms with van der Waals surface area (Å²) in [6.07, 6.45) is 3.56. The van der Waals surface area contributed by atoms with Crippen molar-refractivity contribution in [1.29, 1.82) is 0 Å². The summed E-state index contributed by atoms with van der Waals surface area (Å²) in [7, 11) is 0. The Balaban J connectivity index is 1.41. The highest BCUT2D eigenvalue weighted by Crippen LogP contribution is 2.20. The summed E-state index contributed by atoms with van der Waals surface area (Å²) < 4.78 is 1.84. The fraction of sp³-hybridized carbons (Fsp3) is 0.300. The third kappa shape index (κ3) is 3.55. The second kappa shape index (κ2) is 7.41. The lowest BCUT2D eigenvalue weighted by atomic mass is 10.2. The third-order valence-corrected chi connectivity index (χ3v) is 5.59. The topological polar surface area (TPSA) is 49.6 Å². The first kappa shape index (κ1) is 17.0. The molecule has 0 aliphatic carbocycles. The molecule has 134 valence electrons. The van der Waals surface area contributed by atoms with Gasteiger partial charge in [-0.2, -0.15) is 11.8 Å². The summed E-state index contributed by atoms with van der Waals surface area (Å²) in [6, 6.07) is 12.4. The number of hydrogen-bond donors (Lipinski definition) is 1. The van der Waals surface area contributed by atoms with Crippen molar-refractivity contribution >= 4 is 29.0 Å². The number of rotatable bonds is 4. The van der Waals surface area contributed by atoms with Crippen LogP contribution >= 0.6 is 11.8 Å². The number of aromatic nitrogens is 2. The van der Waals surface area contributed by atoms with Gasteiger partial charge in [-0.1, -0.05) is 18.2 Å². The van der Waals surface area contributed by atoms with Crippen LogP contribution in [0.3, 0.4) is 0 Å². The molecule has 3 heterocycles. The molecule has 0 spiro atoms. The summed E-state index contributed by atoms with van der Waals surface area (Å²) in [5.74, 6) is 2.27. The van der Waals surface area contributed by atoms with Crippen molar-refractivity contribution in [3.05, 3.63) is 65.6 Å². The molecule has 1 saturated heterocycles. The van der Waals surface area contributed by atoms with Gasteiger partial charge in [-0.25, -0.2) is 4.98 Å². The molecular weight excluding hydrogens is 344 g/mol. The number of nitrogens with one attached hydrogen (secondary N) is 1. The molecule has 6 heteroatoms. The Morgan fingerprint density at radius 3 is 2.69 bits per heavy atom. The number of pyridine rings is 1. The standard InChI is InChI=1S/C20H22N4OS/c1-15-2-7-19-21-13-18(24(19)14-15)20(25)22-12-16-3-5-17(6-4-16)23-8-10-26-11-9-23/h2-7,13-14H,8-12H2,1H3,(H,22,25). The normalized spacial score (nSPS) is 14.6. The Morgan fingerprint density at radius 2 is 1.92 bits per heavy atom. The number of hydrogen-bond acceptors (Lipinski definition) is 4. The quantitative estimate of drug-likeness (QED) is 0.771. The van der Waals surface area contributed by atoms with Crippen LogP contribution in [-0.4, -0.2) is 39.9 Å². The van der Waals surface area contributed by atoms with Gasteiger partial charge in [0, 0.05) is 43.0 Å². The Kier molecular flexibility index (Phi) is 4.84. The highest BCUT2D eigenvalue weighted by atomic mass is 32.2. The molecule has 1 fully saturated rings. The fourth-order valence-corrected chi connectivity index (χ4v) is 4.08. The maximum atomic E-state index is 12.5. The zero-order valence-electron chi connectivity index (χ0n) is 14.8. The number of carbonyl (C=O) groups is 1. The van der Waals surface area contributed by atoms with Gasteiger partial charge in [0.25, 0.3) is 5.91 Å². The maximum Gasteiger partial charge on any atom is 0.270 e.